The number of benzene rings is 5. The van der Waals surface area contributed by atoms with E-state index in [4.69, 9.17) is 4.98 Å². The normalized spacial score (nSPS) is 11.8. The predicted octanol–water partition coefficient (Wildman–Crippen LogP) is 10.0. The monoisotopic (exact) mass is 485 g/mol. The van der Waals surface area contributed by atoms with Gasteiger partial charge in [-0.2, -0.15) is 0 Å². The van der Waals surface area contributed by atoms with Gasteiger partial charge in [0.1, 0.15) is 0 Å². The molecule has 1 aromatic heterocycles. The maximum absolute atomic E-state index is 5.05. The van der Waals surface area contributed by atoms with E-state index < -0.39 is 0 Å². The molecular formula is C37H27N. The highest BCUT2D eigenvalue weighted by atomic mass is 14.7. The van der Waals surface area contributed by atoms with Gasteiger partial charge in [0.15, 0.2) is 0 Å². The van der Waals surface area contributed by atoms with Crippen LogP contribution in [0.5, 0.6) is 0 Å². The molecule has 38 heavy (non-hydrogen) atoms. The Kier molecular flexibility index (Phi) is 5.30. The molecule has 5 aromatic carbocycles. The summed E-state index contributed by atoms with van der Waals surface area (Å²) in [6, 6.07) is 41.9. The molecule has 1 aliphatic carbocycles. The van der Waals surface area contributed by atoms with Gasteiger partial charge in [-0.05, 0) is 94.8 Å². The van der Waals surface area contributed by atoms with E-state index in [9.17, 15) is 0 Å². The molecule has 0 bridgehead atoms. The summed E-state index contributed by atoms with van der Waals surface area (Å²) >= 11 is 0. The molecule has 6 aromatic rings. The molecule has 0 fully saturated rings. The zero-order valence-corrected chi connectivity index (χ0v) is 21.6. The summed E-state index contributed by atoms with van der Waals surface area (Å²) in [5.74, 6) is 0. The fourth-order valence-corrected chi connectivity index (χ4v) is 5.42. The van der Waals surface area contributed by atoms with E-state index in [1.165, 1.54) is 61.0 Å². The number of nitrogens with zero attached hydrogens (tertiary/aromatic N) is 1. The summed E-state index contributed by atoms with van der Waals surface area (Å²) in [4.78, 5) is 5.05. The van der Waals surface area contributed by atoms with Crippen molar-refractivity contribution in [1.29, 1.82) is 0 Å². The van der Waals surface area contributed by atoms with Gasteiger partial charge >= 0.3 is 0 Å². The van der Waals surface area contributed by atoms with Gasteiger partial charge in [0.2, 0.25) is 0 Å². The molecule has 1 heteroatoms. The average molecular weight is 486 g/mol. The van der Waals surface area contributed by atoms with Crippen molar-refractivity contribution in [3.8, 4) is 44.6 Å². The molecule has 0 saturated heterocycles. The lowest BCUT2D eigenvalue weighted by Gasteiger charge is -2.13. The number of pyridine rings is 1. The highest BCUT2D eigenvalue weighted by Crippen LogP contribution is 2.36. The minimum absolute atomic E-state index is 1.01. The quantitative estimate of drug-likeness (QED) is 0.242. The molecule has 1 nitrogen and oxygen atoms in total. The second-order valence-corrected chi connectivity index (χ2v) is 10.3. The molecule has 0 saturated carbocycles. The predicted molar refractivity (Wildman–Crippen MR) is 162 cm³/mol. The van der Waals surface area contributed by atoms with Crippen molar-refractivity contribution >= 4 is 23.1 Å². The number of aryl methyl sites for hydroxylation is 2. The van der Waals surface area contributed by atoms with E-state index in [1.54, 1.807) is 0 Å². The Labute approximate surface area is 223 Å². The minimum Gasteiger partial charge on any atom is -0.248 e. The Hall–Kier alpha value is -4.75. The lowest BCUT2D eigenvalue weighted by atomic mass is 9.92. The average Bonchev–Trinajstić information content (AvgIpc) is 3.38. The summed E-state index contributed by atoms with van der Waals surface area (Å²) in [6.07, 6.45) is 4.38. The molecule has 0 atom stereocenters. The van der Waals surface area contributed by atoms with Crippen molar-refractivity contribution in [2.75, 3.05) is 0 Å². The van der Waals surface area contributed by atoms with Crippen molar-refractivity contribution in [2.24, 2.45) is 0 Å². The molecular weight excluding hydrogens is 458 g/mol. The lowest BCUT2D eigenvalue weighted by Crippen LogP contribution is -1.90. The summed E-state index contributed by atoms with van der Waals surface area (Å²) in [6.45, 7) is 4.26. The van der Waals surface area contributed by atoms with Gasteiger partial charge in [0.05, 0.1) is 11.2 Å². The van der Waals surface area contributed by atoms with E-state index in [-0.39, 0.29) is 0 Å². The molecule has 7 rings (SSSR count). The first-order chi connectivity index (χ1) is 18.6. The zero-order valence-electron chi connectivity index (χ0n) is 21.6. The van der Waals surface area contributed by atoms with Crippen LogP contribution in [0, 0.1) is 13.8 Å². The lowest BCUT2D eigenvalue weighted by molar-refractivity contribution is 1.39. The fraction of sp³-hybridized carbons (Fsp3) is 0.0541. The van der Waals surface area contributed by atoms with Crippen LogP contribution in [0.1, 0.15) is 22.3 Å². The SMILES string of the molecule is Cc1ccc(-c2cc(-c3ccc(C)cc3)cc(-c3cccc(-c4cc5c6c(cccc6n4)C=C5)c3)c2)cc1. The van der Waals surface area contributed by atoms with E-state index in [2.05, 4.69) is 141 Å². The molecule has 1 aliphatic rings. The first kappa shape index (κ1) is 22.4. The van der Waals surface area contributed by atoms with Crippen LogP contribution in [0.15, 0.2) is 115 Å². The van der Waals surface area contributed by atoms with Crippen molar-refractivity contribution in [1.82, 2.24) is 4.98 Å². The van der Waals surface area contributed by atoms with Gasteiger partial charge < -0.3 is 0 Å². The fourth-order valence-electron chi connectivity index (χ4n) is 5.42. The van der Waals surface area contributed by atoms with Gasteiger partial charge in [0.25, 0.3) is 0 Å². The summed E-state index contributed by atoms with van der Waals surface area (Å²) < 4.78 is 0. The first-order valence-corrected chi connectivity index (χ1v) is 13.1. The second kappa shape index (κ2) is 8.97. The number of hydrogen-bond donors (Lipinski definition) is 0. The Morgan fingerprint density at radius 1 is 0.421 bits per heavy atom. The van der Waals surface area contributed by atoms with Gasteiger partial charge in [0, 0.05) is 10.9 Å². The number of hydrogen-bond acceptors (Lipinski definition) is 1. The standard InChI is InChI=1S/C37H27N/c1-24-9-13-26(14-10-24)32-20-33(27-15-11-25(2)12-16-27)22-34(21-32)29-6-3-7-30(19-29)36-23-31-18-17-28-5-4-8-35(38-36)37(28)31/h3-23H,1-2H3. The third-order valence-electron chi connectivity index (χ3n) is 7.53. The number of rotatable bonds is 4. The highest BCUT2D eigenvalue weighted by molar-refractivity contribution is 6.04. The molecule has 0 N–H and O–H groups in total. The van der Waals surface area contributed by atoms with E-state index in [0.29, 0.717) is 0 Å². The van der Waals surface area contributed by atoms with Gasteiger partial charge in [-0.1, -0.05) is 102 Å². The third kappa shape index (κ3) is 4.03. The Bertz CT molecular complexity index is 1790. The zero-order chi connectivity index (χ0) is 25.6. The topological polar surface area (TPSA) is 12.9 Å². The minimum atomic E-state index is 1.01. The van der Waals surface area contributed by atoms with Crippen LogP contribution in [0.2, 0.25) is 0 Å². The Morgan fingerprint density at radius 2 is 0.947 bits per heavy atom. The van der Waals surface area contributed by atoms with E-state index >= 15 is 0 Å². The molecule has 0 amide bonds. The Morgan fingerprint density at radius 3 is 1.61 bits per heavy atom. The van der Waals surface area contributed by atoms with Gasteiger partial charge in [-0.25, -0.2) is 4.98 Å². The molecule has 180 valence electrons. The van der Waals surface area contributed by atoms with Crippen LogP contribution >= 0.6 is 0 Å². The van der Waals surface area contributed by atoms with Crippen molar-refractivity contribution in [3.05, 3.63) is 138 Å². The van der Waals surface area contributed by atoms with E-state index in [0.717, 1.165) is 16.8 Å². The maximum atomic E-state index is 5.05. The summed E-state index contributed by atoms with van der Waals surface area (Å²) in [5, 5.41) is 1.25. The molecule has 0 aliphatic heterocycles. The van der Waals surface area contributed by atoms with Crippen LogP contribution in [0.25, 0.3) is 67.7 Å². The van der Waals surface area contributed by atoms with E-state index in [1.807, 2.05) is 0 Å². The van der Waals surface area contributed by atoms with Crippen molar-refractivity contribution < 1.29 is 0 Å². The smallest absolute Gasteiger partial charge is 0.0721 e. The van der Waals surface area contributed by atoms with Crippen molar-refractivity contribution in [3.63, 3.8) is 0 Å². The van der Waals surface area contributed by atoms with Crippen LogP contribution in [0.3, 0.4) is 0 Å². The summed E-state index contributed by atoms with van der Waals surface area (Å²) in [7, 11) is 0. The Balaban J connectivity index is 1.37. The van der Waals surface area contributed by atoms with Crippen LogP contribution in [0.4, 0.5) is 0 Å². The third-order valence-corrected chi connectivity index (χ3v) is 7.53. The van der Waals surface area contributed by atoms with Crippen molar-refractivity contribution in [2.45, 2.75) is 13.8 Å². The largest absolute Gasteiger partial charge is 0.248 e. The second-order valence-electron chi connectivity index (χ2n) is 10.3. The molecule has 0 unspecified atom stereocenters. The maximum Gasteiger partial charge on any atom is 0.0721 e. The highest BCUT2D eigenvalue weighted by Gasteiger charge is 2.14. The van der Waals surface area contributed by atoms with Gasteiger partial charge in [-0.3, -0.25) is 0 Å². The van der Waals surface area contributed by atoms with Crippen LogP contribution in [-0.2, 0) is 0 Å². The van der Waals surface area contributed by atoms with Crippen LogP contribution in [-0.4, -0.2) is 4.98 Å². The first-order valence-electron chi connectivity index (χ1n) is 13.1. The molecule has 1 heterocycles. The molecule has 0 radical (unpaired) electrons. The number of aromatic nitrogens is 1. The van der Waals surface area contributed by atoms with Gasteiger partial charge in [-0.15, -0.1) is 0 Å². The molecule has 0 spiro atoms. The van der Waals surface area contributed by atoms with Crippen LogP contribution < -0.4 is 0 Å². The summed E-state index contributed by atoms with van der Waals surface area (Å²) in [5.41, 5.74) is 15.5.